The summed E-state index contributed by atoms with van der Waals surface area (Å²) in [6, 6.07) is 2.82. The minimum atomic E-state index is -0.695. The van der Waals surface area contributed by atoms with Gasteiger partial charge >= 0.3 is 11.9 Å². The molecule has 0 aliphatic rings. The van der Waals surface area contributed by atoms with Crippen LogP contribution in [-0.4, -0.2) is 51.5 Å². The highest BCUT2D eigenvalue weighted by atomic mass is 79.9. The maximum atomic E-state index is 13.3. The largest absolute Gasteiger partial charge is 0.508 e. The van der Waals surface area contributed by atoms with Crippen LogP contribution in [0.4, 0.5) is 0 Å². The number of phenols is 1. The molecule has 34 heavy (non-hydrogen) atoms. The lowest BCUT2D eigenvalue weighted by Gasteiger charge is -2.21. The highest BCUT2D eigenvalue weighted by Crippen LogP contribution is 2.44. The number of ether oxygens (including phenoxy) is 6. The molecule has 0 fully saturated rings. The molecule has 0 atom stereocenters. The molecule has 2 rings (SSSR count). The molecule has 0 unspecified atom stereocenters. The van der Waals surface area contributed by atoms with E-state index in [1.165, 1.54) is 26.4 Å². The fourth-order valence-corrected chi connectivity index (χ4v) is 3.87. The van der Waals surface area contributed by atoms with E-state index < -0.39 is 11.9 Å². The van der Waals surface area contributed by atoms with Crippen molar-refractivity contribution in [1.29, 1.82) is 0 Å². The van der Waals surface area contributed by atoms with Crippen LogP contribution in [0, 0.1) is 20.8 Å². The van der Waals surface area contributed by atoms with Crippen LogP contribution in [0.25, 0.3) is 0 Å². The van der Waals surface area contributed by atoms with Crippen molar-refractivity contribution in [2.45, 2.75) is 34.1 Å². The second-order valence-corrected chi connectivity index (χ2v) is 8.15. The van der Waals surface area contributed by atoms with Crippen molar-refractivity contribution < 1.29 is 43.1 Å². The van der Waals surface area contributed by atoms with E-state index in [0.29, 0.717) is 29.7 Å². The van der Waals surface area contributed by atoms with E-state index in [1.807, 2.05) is 6.92 Å². The van der Waals surface area contributed by atoms with Gasteiger partial charge in [-0.3, -0.25) is 0 Å². The van der Waals surface area contributed by atoms with Gasteiger partial charge in [0.2, 0.25) is 0 Å². The molecule has 0 saturated carbocycles. The Morgan fingerprint density at radius 1 is 0.912 bits per heavy atom. The summed E-state index contributed by atoms with van der Waals surface area (Å²) in [7, 11) is 2.83. The number of methoxy groups -OCH3 is 2. The molecule has 0 aromatic heterocycles. The fraction of sp³-hybridized carbons (Fsp3) is 0.417. The van der Waals surface area contributed by atoms with Crippen LogP contribution < -0.4 is 14.2 Å². The fourth-order valence-electron chi connectivity index (χ4n) is 3.18. The number of phenolic OH excluding ortho intramolecular Hbond substituents is 1. The zero-order chi connectivity index (χ0) is 25.4. The standard InChI is InChI=1S/C24H29BrO9/c1-7-8-31-17-10-16(26)9-13(2)18(17)24(28)34-21-15(4)14(3)19(23(27)33-12-30-6)22(20(21)25)32-11-29-5/h9-10,26H,7-8,11-12H2,1-6H3. The smallest absolute Gasteiger partial charge is 0.347 e. The molecule has 9 nitrogen and oxygen atoms in total. The van der Waals surface area contributed by atoms with Crippen LogP contribution in [-0.2, 0) is 14.2 Å². The van der Waals surface area contributed by atoms with E-state index in [0.717, 1.165) is 0 Å². The predicted octanol–water partition coefficient (Wildman–Crippen LogP) is 4.83. The Kier molecular flexibility index (Phi) is 10.2. The van der Waals surface area contributed by atoms with Gasteiger partial charge in [0.1, 0.15) is 27.1 Å². The zero-order valence-corrected chi connectivity index (χ0v) is 21.7. The van der Waals surface area contributed by atoms with Gasteiger partial charge in [-0.05, 0) is 65.9 Å². The zero-order valence-electron chi connectivity index (χ0n) is 20.1. The molecule has 0 saturated heterocycles. The number of carbonyl (C=O) groups is 2. The molecule has 0 aliphatic heterocycles. The highest BCUT2D eigenvalue weighted by molar-refractivity contribution is 9.10. The van der Waals surface area contributed by atoms with Crippen LogP contribution in [0.3, 0.4) is 0 Å². The van der Waals surface area contributed by atoms with Gasteiger partial charge in [0.05, 0.1) is 6.61 Å². The summed E-state index contributed by atoms with van der Waals surface area (Å²) in [5.41, 5.74) is 1.81. The number of halogens is 1. The Morgan fingerprint density at radius 3 is 2.21 bits per heavy atom. The SMILES string of the molecule is CCCOc1cc(O)cc(C)c1C(=O)Oc1c(C)c(C)c(C(=O)OCOC)c(OCOC)c1Br. The van der Waals surface area contributed by atoms with E-state index in [1.54, 1.807) is 20.8 Å². The van der Waals surface area contributed by atoms with Crippen LogP contribution in [0.15, 0.2) is 16.6 Å². The average molecular weight is 541 g/mol. The summed E-state index contributed by atoms with van der Waals surface area (Å²) in [4.78, 5) is 26.0. The minimum Gasteiger partial charge on any atom is -0.508 e. The molecule has 0 heterocycles. The number of esters is 2. The van der Waals surface area contributed by atoms with Gasteiger partial charge in [0.25, 0.3) is 0 Å². The Labute approximate surface area is 207 Å². The van der Waals surface area contributed by atoms with Crippen LogP contribution >= 0.6 is 15.9 Å². The van der Waals surface area contributed by atoms with Crippen molar-refractivity contribution in [2.24, 2.45) is 0 Å². The van der Waals surface area contributed by atoms with Crippen molar-refractivity contribution in [1.82, 2.24) is 0 Å². The molecule has 2 aromatic carbocycles. The summed E-state index contributed by atoms with van der Waals surface area (Å²) < 4.78 is 32.2. The maximum Gasteiger partial charge on any atom is 0.347 e. The third-order valence-corrected chi connectivity index (χ3v) is 5.60. The van der Waals surface area contributed by atoms with Crippen molar-refractivity contribution in [3.8, 4) is 23.0 Å². The number of hydrogen-bond acceptors (Lipinski definition) is 9. The molecule has 0 radical (unpaired) electrons. The lowest BCUT2D eigenvalue weighted by Crippen LogP contribution is -2.17. The van der Waals surface area contributed by atoms with Gasteiger partial charge in [0.15, 0.2) is 25.1 Å². The molecule has 1 N–H and O–H groups in total. The Morgan fingerprint density at radius 2 is 1.59 bits per heavy atom. The van der Waals surface area contributed by atoms with E-state index in [4.69, 9.17) is 28.4 Å². The first-order valence-corrected chi connectivity index (χ1v) is 11.3. The Balaban J connectivity index is 2.57. The van der Waals surface area contributed by atoms with Gasteiger partial charge in [-0.25, -0.2) is 9.59 Å². The van der Waals surface area contributed by atoms with Gasteiger partial charge in [0, 0.05) is 20.3 Å². The second-order valence-electron chi connectivity index (χ2n) is 7.36. The van der Waals surface area contributed by atoms with Crippen LogP contribution in [0.5, 0.6) is 23.0 Å². The number of hydrogen-bond donors (Lipinski definition) is 1. The normalized spacial score (nSPS) is 10.7. The van der Waals surface area contributed by atoms with Gasteiger partial charge < -0.3 is 33.5 Å². The van der Waals surface area contributed by atoms with Gasteiger partial charge in [-0.1, -0.05) is 6.92 Å². The number of aryl methyl sites for hydroxylation is 1. The molecule has 0 amide bonds. The first-order chi connectivity index (χ1) is 16.2. The lowest BCUT2D eigenvalue weighted by atomic mass is 10.0. The monoisotopic (exact) mass is 540 g/mol. The molecule has 186 valence electrons. The molecular formula is C24H29BrO9. The van der Waals surface area contributed by atoms with E-state index >= 15 is 0 Å². The lowest BCUT2D eigenvalue weighted by molar-refractivity contribution is -0.0133. The summed E-state index contributed by atoms with van der Waals surface area (Å²) in [6.07, 6.45) is 0.716. The summed E-state index contributed by atoms with van der Waals surface area (Å²) in [5, 5.41) is 9.96. The summed E-state index contributed by atoms with van der Waals surface area (Å²) in [6.45, 7) is 6.94. The molecular weight excluding hydrogens is 512 g/mol. The van der Waals surface area contributed by atoms with Gasteiger partial charge in [-0.2, -0.15) is 0 Å². The first-order valence-electron chi connectivity index (χ1n) is 10.5. The van der Waals surface area contributed by atoms with Crippen molar-refractivity contribution >= 4 is 27.9 Å². The minimum absolute atomic E-state index is 0.0254. The van der Waals surface area contributed by atoms with E-state index in [-0.39, 0.29) is 52.2 Å². The highest BCUT2D eigenvalue weighted by Gasteiger charge is 2.29. The topological polar surface area (TPSA) is 110 Å². The van der Waals surface area contributed by atoms with E-state index in [9.17, 15) is 14.7 Å². The quantitative estimate of drug-likeness (QED) is 0.243. The Bertz CT molecular complexity index is 1050. The predicted molar refractivity (Wildman–Crippen MR) is 127 cm³/mol. The van der Waals surface area contributed by atoms with Crippen LogP contribution in [0.1, 0.15) is 50.8 Å². The maximum absolute atomic E-state index is 13.3. The third-order valence-electron chi connectivity index (χ3n) is 4.88. The average Bonchev–Trinajstić information content (AvgIpc) is 2.79. The summed E-state index contributed by atoms with van der Waals surface area (Å²) in [5.74, 6) is -0.923. The van der Waals surface area contributed by atoms with Crippen molar-refractivity contribution in [2.75, 3.05) is 34.4 Å². The molecule has 0 aliphatic carbocycles. The number of rotatable bonds is 11. The van der Waals surface area contributed by atoms with Gasteiger partial charge in [-0.15, -0.1) is 0 Å². The first kappa shape index (κ1) is 27.4. The number of carbonyl (C=O) groups excluding carboxylic acids is 2. The van der Waals surface area contributed by atoms with E-state index in [2.05, 4.69) is 15.9 Å². The second kappa shape index (κ2) is 12.6. The third kappa shape index (κ3) is 6.19. The van der Waals surface area contributed by atoms with Crippen LogP contribution in [0.2, 0.25) is 0 Å². The number of aromatic hydroxyl groups is 1. The Hall–Kier alpha value is -2.82. The van der Waals surface area contributed by atoms with Crippen molar-refractivity contribution in [3.63, 3.8) is 0 Å². The molecule has 10 heteroatoms. The number of benzene rings is 2. The molecule has 2 aromatic rings. The van der Waals surface area contributed by atoms with Crippen molar-refractivity contribution in [3.05, 3.63) is 44.4 Å². The summed E-state index contributed by atoms with van der Waals surface area (Å²) >= 11 is 3.41. The molecule has 0 spiro atoms. The molecule has 0 bridgehead atoms.